The first kappa shape index (κ1) is 29.5. The summed E-state index contributed by atoms with van der Waals surface area (Å²) in [5.41, 5.74) is 1.01. The Labute approximate surface area is 230 Å². The van der Waals surface area contributed by atoms with Crippen molar-refractivity contribution < 1.29 is 18.7 Å². The molecule has 0 aliphatic carbocycles. The van der Waals surface area contributed by atoms with Crippen LogP contribution in [0.2, 0.25) is 0 Å². The number of ether oxygens (including phenoxy) is 1. The summed E-state index contributed by atoms with van der Waals surface area (Å²) in [6.07, 6.45) is 11.4. The summed E-state index contributed by atoms with van der Waals surface area (Å²) in [5.74, 6) is -0.391. The number of esters is 1. The number of carbonyl (C=O) groups excluding carboxylic acids is 2. The van der Waals surface area contributed by atoms with Gasteiger partial charge in [-0.1, -0.05) is 73.5 Å². The van der Waals surface area contributed by atoms with Crippen molar-refractivity contribution in [2.45, 2.75) is 89.6 Å². The van der Waals surface area contributed by atoms with E-state index in [4.69, 9.17) is 4.74 Å². The van der Waals surface area contributed by atoms with Crippen LogP contribution >= 0.6 is 15.9 Å². The highest BCUT2D eigenvalue weighted by atomic mass is 79.9. The summed E-state index contributed by atoms with van der Waals surface area (Å²) in [6, 6.07) is 13.9. The molecule has 1 aliphatic heterocycles. The lowest BCUT2D eigenvalue weighted by atomic mass is 9.84. The second-order valence-electron chi connectivity index (χ2n) is 10.2. The third kappa shape index (κ3) is 9.64. The predicted octanol–water partition coefficient (Wildman–Crippen LogP) is 8.23. The van der Waals surface area contributed by atoms with E-state index in [0.29, 0.717) is 18.4 Å². The molecular formula is C31H41BrFNO3. The average molecular weight is 575 g/mol. The maximum absolute atomic E-state index is 13.1. The number of carbonyl (C=O) groups is 2. The first-order valence-corrected chi connectivity index (χ1v) is 14.7. The minimum atomic E-state index is -0.598. The van der Waals surface area contributed by atoms with E-state index in [2.05, 4.69) is 39.9 Å². The molecule has 0 saturated carbocycles. The zero-order chi connectivity index (χ0) is 26.5. The summed E-state index contributed by atoms with van der Waals surface area (Å²) in [7, 11) is 0. The third-order valence-electron chi connectivity index (χ3n) is 7.37. The average Bonchev–Trinajstić information content (AvgIpc) is 2.90. The van der Waals surface area contributed by atoms with Gasteiger partial charge in [0.25, 0.3) is 0 Å². The van der Waals surface area contributed by atoms with Crippen LogP contribution in [0.3, 0.4) is 0 Å². The number of Topliss-reactive ketones (excluding diaryl/α,β-unsaturated/α-hetero) is 1. The van der Waals surface area contributed by atoms with Crippen molar-refractivity contribution in [3.63, 3.8) is 0 Å². The molecule has 0 atom stereocenters. The van der Waals surface area contributed by atoms with Crippen molar-refractivity contribution in [1.29, 1.82) is 0 Å². The van der Waals surface area contributed by atoms with Crippen LogP contribution in [0.1, 0.15) is 99.9 Å². The molecule has 3 rings (SSSR count). The van der Waals surface area contributed by atoms with Crippen LogP contribution in [0.15, 0.2) is 53.0 Å². The van der Waals surface area contributed by atoms with Crippen molar-refractivity contribution in [3.05, 3.63) is 69.9 Å². The Kier molecular flexibility index (Phi) is 12.3. The molecule has 1 heterocycles. The Hall–Kier alpha value is -2.05. The molecule has 0 aromatic heterocycles. The van der Waals surface area contributed by atoms with Gasteiger partial charge in [-0.2, -0.15) is 0 Å². The van der Waals surface area contributed by atoms with E-state index in [1.54, 1.807) is 12.1 Å². The van der Waals surface area contributed by atoms with Gasteiger partial charge in [0.1, 0.15) is 11.4 Å². The van der Waals surface area contributed by atoms with Gasteiger partial charge in [-0.25, -0.2) is 4.39 Å². The van der Waals surface area contributed by atoms with Gasteiger partial charge >= 0.3 is 5.97 Å². The molecule has 0 amide bonds. The SMILES string of the molecule is CCCCCCCCCC(=O)OC1(c2ccc(Br)cc2)CCN(CCCC(=O)c2ccc(F)cc2)CC1. The molecule has 0 radical (unpaired) electrons. The van der Waals surface area contributed by atoms with E-state index in [-0.39, 0.29) is 17.6 Å². The molecule has 37 heavy (non-hydrogen) atoms. The summed E-state index contributed by atoms with van der Waals surface area (Å²) in [4.78, 5) is 27.6. The number of benzene rings is 2. The fourth-order valence-electron chi connectivity index (χ4n) is 5.08. The number of halogens is 2. The lowest BCUT2D eigenvalue weighted by Crippen LogP contribution is -2.45. The summed E-state index contributed by atoms with van der Waals surface area (Å²) in [5, 5.41) is 0. The second kappa shape index (κ2) is 15.4. The lowest BCUT2D eigenvalue weighted by molar-refractivity contribution is -0.167. The first-order chi connectivity index (χ1) is 17.9. The standard InChI is InChI=1S/C31H41BrFNO3/c1-2-3-4-5-6-7-8-11-30(36)37-31(26-14-16-27(32)17-15-26)20-23-34(24-21-31)22-9-10-29(35)25-12-18-28(33)19-13-25/h12-19H,2-11,20-24H2,1H3. The number of nitrogens with zero attached hydrogens (tertiary/aromatic N) is 1. The topological polar surface area (TPSA) is 46.6 Å². The van der Waals surface area contributed by atoms with Crippen LogP contribution < -0.4 is 0 Å². The molecule has 0 N–H and O–H groups in total. The van der Waals surface area contributed by atoms with Crippen LogP contribution in [0.25, 0.3) is 0 Å². The van der Waals surface area contributed by atoms with Gasteiger partial charge in [0.2, 0.25) is 0 Å². The minimum absolute atomic E-state index is 0.0421. The van der Waals surface area contributed by atoms with Crippen molar-refractivity contribution in [2.24, 2.45) is 0 Å². The Morgan fingerprint density at radius 3 is 2.14 bits per heavy atom. The van der Waals surface area contributed by atoms with Gasteiger partial charge in [0.05, 0.1) is 0 Å². The molecule has 0 bridgehead atoms. The van der Waals surface area contributed by atoms with Crippen molar-refractivity contribution in [2.75, 3.05) is 19.6 Å². The van der Waals surface area contributed by atoms with Crippen LogP contribution in [-0.4, -0.2) is 36.3 Å². The Morgan fingerprint density at radius 1 is 0.865 bits per heavy atom. The van der Waals surface area contributed by atoms with Gasteiger partial charge in [-0.15, -0.1) is 0 Å². The van der Waals surface area contributed by atoms with E-state index >= 15 is 0 Å². The highest BCUT2D eigenvalue weighted by molar-refractivity contribution is 9.10. The fourth-order valence-corrected chi connectivity index (χ4v) is 5.34. The van der Waals surface area contributed by atoms with Crippen LogP contribution in [0.4, 0.5) is 4.39 Å². The minimum Gasteiger partial charge on any atom is -0.454 e. The molecule has 202 valence electrons. The highest BCUT2D eigenvalue weighted by Crippen LogP contribution is 2.38. The van der Waals surface area contributed by atoms with Gasteiger partial charge < -0.3 is 9.64 Å². The van der Waals surface area contributed by atoms with Crippen molar-refractivity contribution in [3.8, 4) is 0 Å². The van der Waals surface area contributed by atoms with Crippen molar-refractivity contribution >= 4 is 27.7 Å². The Bertz CT molecular complexity index is 969. The molecule has 1 aliphatic rings. The number of ketones is 1. The van der Waals surface area contributed by atoms with Gasteiger partial charge in [-0.05, 0) is 61.3 Å². The van der Waals surface area contributed by atoms with Crippen LogP contribution in [0.5, 0.6) is 0 Å². The molecule has 6 heteroatoms. The fraction of sp³-hybridized carbons (Fsp3) is 0.548. The van der Waals surface area contributed by atoms with Gasteiger partial charge in [0, 0.05) is 48.8 Å². The van der Waals surface area contributed by atoms with Crippen LogP contribution in [0, 0.1) is 5.82 Å². The van der Waals surface area contributed by atoms with E-state index in [9.17, 15) is 14.0 Å². The monoisotopic (exact) mass is 573 g/mol. The van der Waals surface area contributed by atoms with E-state index in [1.165, 1.54) is 44.2 Å². The highest BCUT2D eigenvalue weighted by Gasteiger charge is 2.39. The number of hydrogen-bond donors (Lipinski definition) is 0. The van der Waals surface area contributed by atoms with E-state index in [0.717, 1.165) is 61.8 Å². The quantitative estimate of drug-likeness (QED) is 0.122. The molecule has 0 spiro atoms. The smallest absolute Gasteiger partial charge is 0.306 e. The number of piperidine rings is 1. The summed E-state index contributed by atoms with van der Waals surface area (Å²) < 4.78 is 20.4. The molecule has 1 fully saturated rings. The number of rotatable bonds is 15. The molecule has 2 aromatic carbocycles. The zero-order valence-electron chi connectivity index (χ0n) is 22.2. The molecule has 1 saturated heterocycles. The second-order valence-corrected chi connectivity index (χ2v) is 11.1. The molecular weight excluding hydrogens is 533 g/mol. The zero-order valence-corrected chi connectivity index (χ0v) is 23.7. The van der Waals surface area contributed by atoms with Gasteiger partial charge in [-0.3, -0.25) is 9.59 Å². The largest absolute Gasteiger partial charge is 0.454 e. The maximum atomic E-state index is 13.1. The summed E-state index contributed by atoms with van der Waals surface area (Å²) in [6.45, 7) is 4.66. The first-order valence-electron chi connectivity index (χ1n) is 13.9. The predicted molar refractivity (Wildman–Crippen MR) is 150 cm³/mol. The molecule has 4 nitrogen and oxygen atoms in total. The maximum Gasteiger partial charge on any atom is 0.306 e. The number of hydrogen-bond acceptors (Lipinski definition) is 4. The van der Waals surface area contributed by atoms with Crippen molar-refractivity contribution in [1.82, 2.24) is 4.90 Å². The third-order valence-corrected chi connectivity index (χ3v) is 7.90. The molecule has 2 aromatic rings. The molecule has 0 unspecified atom stereocenters. The Morgan fingerprint density at radius 2 is 1.49 bits per heavy atom. The van der Waals surface area contributed by atoms with Gasteiger partial charge in [0.15, 0.2) is 5.78 Å². The van der Waals surface area contributed by atoms with E-state index in [1.807, 2.05) is 12.1 Å². The summed E-state index contributed by atoms with van der Waals surface area (Å²) >= 11 is 3.51. The number of likely N-dealkylation sites (tertiary alicyclic amines) is 1. The Balaban J connectivity index is 1.49. The normalized spacial score (nSPS) is 15.4. The number of unbranched alkanes of at least 4 members (excludes halogenated alkanes) is 6. The van der Waals surface area contributed by atoms with E-state index < -0.39 is 5.60 Å². The lowest BCUT2D eigenvalue weighted by Gasteiger charge is -2.41. The van der Waals surface area contributed by atoms with Crippen LogP contribution in [-0.2, 0) is 15.1 Å².